The van der Waals surface area contributed by atoms with E-state index in [1.54, 1.807) is 13.3 Å². The first-order chi connectivity index (χ1) is 8.27. The lowest BCUT2D eigenvalue weighted by molar-refractivity contribution is 0.387. The first kappa shape index (κ1) is 12.3. The summed E-state index contributed by atoms with van der Waals surface area (Å²) in [5.74, 6) is 6.14. The molecule has 2 heterocycles. The van der Waals surface area contributed by atoms with E-state index < -0.39 is 0 Å². The lowest BCUT2D eigenvalue weighted by atomic mass is 10.1. The van der Waals surface area contributed by atoms with Gasteiger partial charge in [-0.3, -0.25) is 5.84 Å². The number of methoxy groups -OCH3 is 1. The Kier molecular flexibility index (Phi) is 3.96. The molecule has 0 aromatic carbocycles. The van der Waals surface area contributed by atoms with Crippen molar-refractivity contribution >= 4 is 22.9 Å². The van der Waals surface area contributed by atoms with Crippen LogP contribution >= 0.6 is 22.9 Å². The second-order valence-electron chi connectivity index (χ2n) is 3.33. The maximum atomic E-state index is 6.11. The molecule has 0 aliphatic heterocycles. The highest BCUT2D eigenvalue weighted by atomic mass is 35.5. The van der Waals surface area contributed by atoms with Gasteiger partial charge in [0.2, 0.25) is 5.88 Å². The van der Waals surface area contributed by atoms with Gasteiger partial charge in [0.1, 0.15) is 0 Å². The van der Waals surface area contributed by atoms with Gasteiger partial charge in [-0.1, -0.05) is 17.7 Å². The van der Waals surface area contributed by atoms with E-state index >= 15 is 0 Å². The Morgan fingerprint density at radius 1 is 1.53 bits per heavy atom. The minimum atomic E-state index is -0.217. The largest absolute Gasteiger partial charge is 0.481 e. The molecule has 1 atom stereocenters. The highest BCUT2D eigenvalue weighted by Crippen LogP contribution is 2.35. The number of hydrogen-bond donors (Lipinski definition) is 2. The Balaban J connectivity index is 2.46. The number of aromatic nitrogens is 1. The fourth-order valence-electron chi connectivity index (χ4n) is 1.61. The standard InChI is InChI=1S/C11H12ClN3OS/c1-16-11-7(3-2-5-14-11)9(15-13)10-8(12)4-6-17-10/h2-6,9,15H,13H2,1H3. The average Bonchev–Trinajstić information content (AvgIpc) is 2.78. The summed E-state index contributed by atoms with van der Waals surface area (Å²) in [5.41, 5.74) is 3.61. The van der Waals surface area contributed by atoms with Crippen LogP contribution in [0, 0.1) is 0 Å². The zero-order chi connectivity index (χ0) is 12.3. The average molecular weight is 270 g/mol. The number of rotatable bonds is 4. The molecular weight excluding hydrogens is 258 g/mol. The number of halogens is 1. The van der Waals surface area contributed by atoms with E-state index in [0.29, 0.717) is 10.9 Å². The van der Waals surface area contributed by atoms with E-state index in [1.165, 1.54) is 11.3 Å². The van der Waals surface area contributed by atoms with Crippen LogP contribution in [0.15, 0.2) is 29.8 Å². The zero-order valence-corrected chi connectivity index (χ0v) is 10.8. The fourth-order valence-corrected chi connectivity index (χ4v) is 2.85. The normalized spacial score (nSPS) is 12.4. The summed E-state index contributed by atoms with van der Waals surface area (Å²) in [4.78, 5) is 5.09. The molecule has 0 aliphatic carbocycles. The molecule has 0 fully saturated rings. The monoisotopic (exact) mass is 269 g/mol. The molecule has 0 saturated heterocycles. The first-order valence-corrected chi connectivity index (χ1v) is 6.21. The number of hydrazine groups is 1. The van der Waals surface area contributed by atoms with Crippen LogP contribution in [-0.2, 0) is 0 Å². The Hall–Kier alpha value is -1.14. The van der Waals surface area contributed by atoms with Crippen molar-refractivity contribution in [1.82, 2.24) is 10.4 Å². The quantitative estimate of drug-likeness (QED) is 0.661. The Morgan fingerprint density at radius 2 is 2.35 bits per heavy atom. The van der Waals surface area contributed by atoms with E-state index in [4.69, 9.17) is 22.2 Å². The van der Waals surface area contributed by atoms with Crippen molar-refractivity contribution in [3.8, 4) is 5.88 Å². The maximum absolute atomic E-state index is 6.11. The molecule has 2 aromatic rings. The minimum absolute atomic E-state index is 0.217. The lowest BCUT2D eigenvalue weighted by Gasteiger charge is -2.17. The van der Waals surface area contributed by atoms with Gasteiger partial charge in [-0.2, -0.15) is 0 Å². The number of pyridine rings is 1. The van der Waals surface area contributed by atoms with Gasteiger partial charge in [0.15, 0.2) is 0 Å². The smallest absolute Gasteiger partial charge is 0.218 e. The van der Waals surface area contributed by atoms with Crippen LogP contribution in [0.3, 0.4) is 0 Å². The highest BCUT2D eigenvalue weighted by molar-refractivity contribution is 7.10. The molecular formula is C11H12ClN3OS. The molecule has 0 saturated carbocycles. The predicted octanol–water partition coefficient (Wildman–Crippen LogP) is 2.36. The summed E-state index contributed by atoms with van der Waals surface area (Å²) < 4.78 is 5.22. The minimum Gasteiger partial charge on any atom is -0.481 e. The van der Waals surface area contributed by atoms with E-state index in [0.717, 1.165) is 10.4 Å². The summed E-state index contributed by atoms with van der Waals surface area (Å²) in [6, 6.07) is 5.37. The van der Waals surface area contributed by atoms with Gasteiger partial charge >= 0.3 is 0 Å². The Morgan fingerprint density at radius 3 is 2.94 bits per heavy atom. The zero-order valence-electron chi connectivity index (χ0n) is 9.18. The number of nitrogens with one attached hydrogen (secondary N) is 1. The van der Waals surface area contributed by atoms with Gasteiger partial charge in [0.25, 0.3) is 0 Å². The van der Waals surface area contributed by atoms with Crippen LogP contribution in [-0.4, -0.2) is 12.1 Å². The van der Waals surface area contributed by atoms with Crippen molar-refractivity contribution < 1.29 is 4.74 Å². The van der Waals surface area contributed by atoms with E-state index in [2.05, 4.69) is 10.4 Å². The van der Waals surface area contributed by atoms with E-state index in [1.807, 2.05) is 23.6 Å². The molecule has 1 unspecified atom stereocenters. The van der Waals surface area contributed by atoms with Gasteiger partial charge in [0.05, 0.1) is 18.2 Å². The summed E-state index contributed by atoms with van der Waals surface area (Å²) in [6.45, 7) is 0. The van der Waals surface area contributed by atoms with Crippen molar-refractivity contribution in [2.75, 3.05) is 7.11 Å². The molecule has 2 aromatic heterocycles. The molecule has 2 rings (SSSR count). The van der Waals surface area contributed by atoms with E-state index in [9.17, 15) is 0 Å². The molecule has 0 amide bonds. The summed E-state index contributed by atoms with van der Waals surface area (Å²) in [7, 11) is 1.58. The lowest BCUT2D eigenvalue weighted by Crippen LogP contribution is -2.28. The maximum Gasteiger partial charge on any atom is 0.218 e. The number of ether oxygens (including phenoxy) is 1. The molecule has 0 aliphatic rings. The summed E-state index contributed by atoms with van der Waals surface area (Å²) >= 11 is 7.65. The van der Waals surface area contributed by atoms with Crippen molar-refractivity contribution in [2.45, 2.75) is 6.04 Å². The number of nitrogens with zero attached hydrogens (tertiary/aromatic N) is 1. The van der Waals surface area contributed by atoms with Crippen LogP contribution in [0.4, 0.5) is 0 Å². The van der Waals surface area contributed by atoms with Crippen molar-refractivity contribution in [2.24, 2.45) is 5.84 Å². The second kappa shape index (κ2) is 5.46. The third-order valence-corrected chi connectivity index (χ3v) is 3.80. The van der Waals surface area contributed by atoms with Crippen LogP contribution in [0.25, 0.3) is 0 Å². The predicted molar refractivity (Wildman–Crippen MR) is 69.3 cm³/mol. The highest BCUT2D eigenvalue weighted by Gasteiger charge is 2.20. The Labute approximate surface area is 108 Å². The van der Waals surface area contributed by atoms with Gasteiger partial charge in [-0.05, 0) is 17.5 Å². The molecule has 0 spiro atoms. The van der Waals surface area contributed by atoms with Gasteiger partial charge in [-0.15, -0.1) is 11.3 Å². The molecule has 0 radical (unpaired) electrons. The number of hydrogen-bond acceptors (Lipinski definition) is 5. The van der Waals surface area contributed by atoms with Crippen LogP contribution < -0.4 is 16.0 Å². The number of nitrogens with two attached hydrogens (primary N) is 1. The molecule has 3 N–H and O–H groups in total. The third-order valence-electron chi connectivity index (χ3n) is 2.38. The summed E-state index contributed by atoms with van der Waals surface area (Å²) in [5, 5.41) is 2.61. The third kappa shape index (κ3) is 2.42. The summed E-state index contributed by atoms with van der Waals surface area (Å²) in [6.07, 6.45) is 1.67. The molecule has 17 heavy (non-hydrogen) atoms. The van der Waals surface area contributed by atoms with Crippen molar-refractivity contribution in [1.29, 1.82) is 0 Å². The van der Waals surface area contributed by atoms with Gasteiger partial charge in [0, 0.05) is 16.6 Å². The van der Waals surface area contributed by atoms with Crippen molar-refractivity contribution in [3.05, 3.63) is 45.2 Å². The van der Waals surface area contributed by atoms with Crippen LogP contribution in [0.1, 0.15) is 16.5 Å². The topological polar surface area (TPSA) is 60.2 Å². The molecule has 0 bridgehead atoms. The van der Waals surface area contributed by atoms with Gasteiger partial charge in [-0.25, -0.2) is 10.4 Å². The van der Waals surface area contributed by atoms with Crippen LogP contribution in [0.5, 0.6) is 5.88 Å². The van der Waals surface area contributed by atoms with E-state index in [-0.39, 0.29) is 6.04 Å². The van der Waals surface area contributed by atoms with Crippen molar-refractivity contribution in [3.63, 3.8) is 0 Å². The first-order valence-electron chi connectivity index (χ1n) is 4.96. The van der Waals surface area contributed by atoms with Crippen LogP contribution in [0.2, 0.25) is 5.02 Å². The van der Waals surface area contributed by atoms with Gasteiger partial charge < -0.3 is 4.74 Å². The Bertz CT molecular complexity index is 503. The molecule has 90 valence electrons. The second-order valence-corrected chi connectivity index (χ2v) is 4.69. The SMILES string of the molecule is COc1ncccc1C(NN)c1sccc1Cl. The fraction of sp³-hybridized carbons (Fsp3) is 0.182. The molecule has 4 nitrogen and oxygen atoms in total. The number of thiophene rings is 1. The molecule has 6 heteroatoms.